The first-order valence-corrected chi connectivity index (χ1v) is 12.8. The van der Waals surface area contributed by atoms with Gasteiger partial charge in [-0.15, -0.1) is 0 Å². The van der Waals surface area contributed by atoms with Gasteiger partial charge in [0.15, 0.2) is 5.78 Å². The highest BCUT2D eigenvalue weighted by Crippen LogP contribution is 2.48. The molecule has 1 aliphatic heterocycles. The van der Waals surface area contributed by atoms with Crippen molar-refractivity contribution < 1.29 is 14.0 Å². The molecule has 1 N–H and O–H groups in total. The second-order valence-electron chi connectivity index (χ2n) is 9.21. The second kappa shape index (κ2) is 9.58. The standard InChI is InChI=1S/C30H22Cl2N2O3/c31-21-11-7-18(8-12-21)29-28-24(16-20(17-26(28)35)27-6-3-15-37-27)33-23-4-1-2-5-25(23)34(29)30(36)19-9-13-22(32)14-10-19/h1-15,20,29,33H,16-17H2/t20-,29+/m0/s1. The molecule has 2 atom stereocenters. The number of furan rings is 1. The molecule has 6 rings (SSSR count). The van der Waals surface area contributed by atoms with E-state index < -0.39 is 6.04 Å². The maximum Gasteiger partial charge on any atom is 0.259 e. The summed E-state index contributed by atoms with van der Waals surface area (Å²) in [6, 6.07) is 24.8. The van der Waals surface area contributed by atoms with Crippen LogP contribution in [0, 0.1) is 0 Å². The van der Waals surface area contributed by atoms with Crippen molar-refractivity contribution in [3.63, 3.8) is 0 Å². The van der Waals surface area contributed by atoms with E-state index in [2.05, 4.69) is 5.32 Å². The number of amides is 1. The molecule has 4 aromatic rings. The molecule has 5 nitrogen and oxygen atoms in total. The van der Waals surface area contributed by atoms with Crippen LogP contribution in [0.15, 0.2) is 107 Å². The lowest BCUT2D eigenvalue weighted by molar-refractivity contribution is -0.116. The Morgan fingerprint density at radius 1 is 0.865 bits per heavy atom. The van der Waals surface area contributed by atoms with Crippen LogP contribution in [0.5, 0.6) is 0 Å². The van der Waals surface area contributed by atoms with Crippen molar-refractivity contribution in [1.82, 2.24) is 0 Å². The normalized spacial score (nSPS) is 19.1. The maximum absolute atomic E-state index is 14.2. The van der Waals surface area contributed by atoms with E-state index in [1.165, 1.54) is 0 Å². The third-order valence-electron chi connectivity index (χ3n) is 6.93. The minimum atomic E-state index is -0.656. The number of fused-ring (bicyclic) bond motifs is 1. The number of Topliss-reactive ketones (excluding diaryl/α,β-unsaturated/α-hetero) is 1. The Bertz CT molecular complexity index is 1510. The molecule has 0 saturated heterocycles. The fourth-order valence-corrected chi connectivity index (χ4v) is 5.48. The molecule has 0 radical (unpaired) electrons. The zero-order valence-corrected chi connectivity index (χ0v) is 21.2. The Balaban J connectivity index is 1.57. The first-order valence-electron chi connectivity index (χ1n) is 12.0. The topological polar surface area (TPSA) is 62.6 Å². The van der Waals surface area contributed by atoms with Crippen molar-refractivity contribution in [2.24, 2.45) is 0 Å². The number of anilines is 2. The minimum Gasteiger partial charge on any atom is -0.469 e. The van der Waals surface area contributed by atoms with Crippen LogP contribution in [0.2, 0.25) is 10.0 Å². The van der Waals surface area contributed by atoms with Gasteiger partial charge in [-0.05, 0) is 72.6 Å². The fourth-order valence-electron chi connectivity index (χ4n) is 5.23. The van der Waals surface area contributed by atoms with Crippen LogP contribution in [-0.4, -0.2) is 11.7 Å². The number of rotatable bonds is 3. The van der Waals surface area contributed by atoms with Crippen molar-refractivity contribution in [3.8, 4) is 0 Å². The van der Waals surface area contributed by atoms with Crippen molar-refractivity contribution in [2.75, 3.05) is 10.2 Å². The van der Waals surface area contributed by atoms with E-state index in [0.29, 0.717) is 33.3 Å². The zero-order chi connectivity index (χ0) is 25.5. The van der Waals surface area contributed by atoms with Gasteiger partial charge in [-0.25, -0.2) is 0 Å². The Kier molecular flexibility index (Phi) is 6.11. The highest BCUT2D eigenvalue weighted by Gasteiger charge is 2.42. The van der Waals surface area contributed by atoms with Crippen LogP contribution in [0.3, 0.4) is 0 Å². The van der Waals surface area contributed by atoms with Gasteiger partial charge in [0.05, 0.1) is 23.7 Å². The van der Waals surface area contributed by atoms with Crippen molar-refractivity contribution >= 4 is 46.3 Å². The molecule has 0 unspecified atom stereocenters. The predicted octanol–water partition coefficient (Wildman–Crippen LogP) is 7.80. The molecule has 0 bridgehead atoms. The molecule has 0 spiro atoms. The highest BCUT2D eigenvalue weighted by atomic mass is 35.5. The number of para-hydroxylation sites is 2. The number of hydrogen-bond donors (Lipinski definition) is 1. The summed E-state index contributed by atoms with van der Waals surface area (Å²) in [5, 5.41) is 4.64. The van der Waals surface area contributed by atoms with E-state index in [4.69, 9.17) is 27.6 Å². The number of benzene rings is 3. The Labute approximate surface area is 224 Å². The molecular formula is C30H22Cl2N2O3. The summed E-state index contributed by atoms with van der Waals surface area (Å²) in [7, 11) is 0. The molecule has 0 saturated carbocycles. The zero-order valence-electron chi connectivity index (χ0n) is 19.7. The van der Waals surface area contributed by atoms with Gasteiger partial charge in [-0.3, -0.25) is 14.5 Å². The molecule has 1 aliphatic carbocycles. The third kappa shape index (κ3) is 4.35. The molecule has 1 amide bonds. The summed E-state index contributed by atoms with van der Waals surface area (Å²) in [5.41, 5.74) is 4.06. The molecule has 0 fully saturated rings. The Morgan fingerprint density at radius 3 is 2.27 bits per heavy atom. The molecule has 7 heteroatoms. The van der Waals surface area contributed by atoms with E-state index in [-0.39, 0.29) is 24.0 Å². The maximum atomic E-state index is 14.2. The van der Waals surface area contributed by atoms with Gasteiger partial charge in [0, 0.05) is 39.2 Å². The van der Waals surface area contributed by atoms with E-state index >= 15 is 0 Å². The van der Waals surface area contributed by atoms with Crippen LogP contribution >= 0.6 is 23.2 Å². The molecular weight excluding hydrogens is 507 g/mol. The first kappa shape index (κ1) is 23.6. The Hall–Kier alpha value is -3.80. The number of nitrogens with one attached hydrogen (secondary N) is 1. The quantitative estimate of drug-likeness (QED) is 0.294. The van der Waals surface area contributed by atoms with Crippen molar-refractivity contribution in [1.29, 1.82) is 0 Å². The lowest BCUT2D eigenvalue weighted by Gasteiger charge is -2.35. The van der Waals surface area contributed by atoms with E-state index in [1.807, 2.05) is 48.5 Å². The molecule has 2 heterocycles. The molecule has 3 aromatic carbocycles. The fraction of sp³-hybridized carbons (Fsp3) is 0.133. The lowest BCUT2D eigenvalue weighted by Crippen LogP contribution is -2.38. The monoisotopic (exact) mass is 528 g/mol. The van der Waals surface area contributed by atoms with Crippen LogP contribution in [0.4, 0.5) is 11.4 Å². The van der Waals surface area contributed by atoms with Gasteiger partial charge in [-0.1, -0.05) is 47.5 Å². The summed E-state index contributed by atoms with van der Waals surface area (Å²) < 4.78 is 5.66. The smallest absolute Gasteiger partial charge is 0.259 e. The van der Waals surface area contributed by atoms with Gasteiger partial charge < -0.3 is 9.73 Å². The predicted molar refractivity (Wildman–Crippen MR) is 145 cm³/mol. The molecule has 184 valence electrons. The summed E-state index contributed by atoms with van der Waals surface area (Å²) in [6.07, 6.45) is 2.50. The third-order valence-corrected chi connectivity index (χ3v) is 7.43. The van der Waals surface area contributed by atoms with E-state index in [9.17, 15) is 9.59 Å². The largest absolute Gasteiger partial charge is 0.469 e. The summed E-state index contributed by atoms with van der Waals surface area (Å²) >= 11 is 12.3. The Morgan fingerprint density at radius 2 is 1.57 bits per heavy atom. The molecule has 2 aliphatic rings. The number of allylic oxidation sites excluding steroid dienone is 1. The summed E-state index contributed by atoms with van der Waals surface area (Å²) in [5.74, 6) is 0.416. The van der Waals surface area contributed by atoms with Crippen molar-refractivity contribution in [2.45, 2.75) is 24.8 Å². The summed E-state index contributed by atoms with van der Waals surface area (Å²) in [6.45, 7) is 0. The molecule has 1 aromatic heterocycles. The van der Waals surface area contributed by atoms with Gasteiger partial charge >= 0.3 is 0 Å². The van der Waals surface area contributed by atoms with Gasteiger partial charge in [0.25, 0.3) is 5.91 Å². The van der Waals surface area contributed by atoms with Crippen LogP contribution in [0.25, 0.3) is 0 Å². The first-order chi connectivity index (χ1) is 18.0. The SMILES string of the molecule is O=C1C[C@@H](c2ccco2)CC2=C1[C@@H](c1ccc(Cl)cc1)N(C(=O)c1ccc(Cl)cc1)c1ccccc1N2. The average molecular weight is 529 g/mol. The summed E-state index contributed by atoms with van der Waals surface area (Å²) in [4.78, 5) is 29.8. The number of halogens is 2. The van der Waals surface area contributed by atoms with Crippen LogP contribution in [0.1, 0.15) is 46.5 Å². The van der Waals surface area contributed by atoms with Crippen LogP contribution < -0.4 is 10.2 Å². The number of carbonyl (C=O) groups excluding carboxylic acids is 2. The number of carbonyl (C=O) groups is 2. The van der Waals surface area contributed by atoms with E-state index in [1.54, 1.807) is 47.6 Å². The lowest BCUT2D eigenvalue weighted by atomic mass is 9.80. The highest BCUT2D eigenvalue weighted by molar-refractivity contribution is 6.31. The number of hydrogen-bond acceptors (Lipinski definition) is 4. The van der Waals surface area contributed by atoms with Gasteiger partial charge in [-0.2, -0.15) is 0 Å². The van der Waals surface area contributed by atoms with Gasteiger partial charge in [0.2, 0.25) is 0 Å². The number of nitrogens with zero attached hydrogens (tertiary/aromatic N) is 1. The van der Waals surface area contributed by atoms with Crippen LogP contribution in [-0.2, 0) is 4.79 Å². The van der Waals surface area contributed by atoms with Gasteiger partial charge in [0.1, 0.15) is 5.76 Å². The molecule has 37 heavy (non-hydrogen) atoms. The van der Waals surface area contributed by atoms with E-state index in [0.717, 1.165) is 22.7 Å². The average Bonchev–Trinajstić information content (AvgIpc) is 3.40. The second-order valence-corrected chi connectivity index (χ2v) is 10.1. The van der Waals surface area contributed by atoms with Crippen molar-refractivity contribution in [3.05, 3.63) is 129 Å². The number of ketones is 1. The minimum absolute atomic E-state index is 0.0307.